The second-order valence-electron chi connectivity index (χ2n) is 5.85. The normalized spacial score (nSPS) is 26.9. The number of fused-ring (bicyclic) bond motifs is 1. The summed E-state index contributed by atoms with van der Waals surface area (Å²) in [5, 5.41) is 7.08. The zero-order valence-electron chi connectivity index (χ0n) is 11.6. The van der Waals surface area contributed by atoms with E-state index in [0.717, 1.165) is 19.6 Å². The third-order valence-corrected chi connectivity index (χ3v) is 4.03. The first-order valence-corrected chi connectivity index (χ1v) is 7.02. The van der Waals surface area contributed by atoms with E-state index in [0.29, 0.717) is 12.1 Å². The van der Waals surface area contributed by atoms with Gasteiger partial charge in [-0.3, -0.25) is 0 Å². The Hall–Kier alpha value is -1.22. The van der Waals surface area contributed by atoms with Crippen LogP contribution in [0.5, 0.6) is 0 Å². The quantitative estimate of drug-likeness (QED) is 0.794. The van der Waals surface area contributed by atoms with Gasteiger partial charge in [-0.05, 0) is 44.4 Å². The molecule has 0 saturated carbocycles. The summed E-state index contributed by atoms with van der Waals surface area (Å²) < 4.78 is 0. The summed E-state index contributed by atoms with van der Waals surface area (Å²) >= 11 is 0. The fourth-order valence-corrected chi connectivity index (χ4v) is 3.32. The minimum Gasteiger partial charge on any atom is -0.384 e. The van der Waals surface area contributed by atoms with Gasteiger partial charge in [0.25, 0.3) is 0 Å². The van der Waals surface area contributed by atoms with Gasteiger partial charge in [0.15, 0.2) is 0 Å². The molecule has 18 heavy (non-hydrogen) atoms. The molecular formula is C15H23N3. The monoisotopic (exact) mass is 245 g/mol. The number of hydrogen-bond donors (Lipinski definition) is 2. The number of rotatable bonds is 1. The summed E-state index contributed by atoms with van der Waals surface area (Å²) in [6, 6.07) is 5.84. The molecule has 2 heterocycles. The van der Waals surface area contributed by atoms with Crippen LogP contribution in [0, 0.1) is 6.92 Å². The van der Waals surface area contributed by atoms with Crippen LogP contribution in [0.3, 0.4) is 0 Å². The van der Waals surface area contributed by atoms with Crippen LogP contribution in [0.4, 0.5) is 11.4 Å². The van der Waals surface area contributed by atoms with Crippen LogP contribution in [0.1, 0.15) is 25.0 Å². The number of anilines is 2. The SMILES string of the molecule is Cc1cc2c(cc1N1C[C@@H](C)N[C@@H](C)C1)NCC2. The van der Waals surface area contributed by atoms with E-state index in [1.54, 1.807) is 0 Å². The van der Waals surface area contributed by atoms with Crippen LogP contribution in [0.2, 0.25) is 0 Å². The average Bonchev–Trinajstić information content (AvgIpc) is 2.73. The first-order valence-electron chi connectivity index (χ1n) is 7.02. The lowest BCUT2D eigenvalue weighted by Crippen LogP contribution is -2.54. The number of aryl methyl sites for hydroxylation is 1. The number of nitrogens with one attached hydrogen (secondary N) is 2. The van der Waals surface area contributed by atoms with E-state index in [2.05, 4.69) is 48.4 Å². The van der Waals surface area contributed by atoms with E-state index < -0.39 is 0 Å². The predicted octanol–water partition coefficient (Wildman–Crippen LogP) is 2.15. The smallest absolute Gasteiger partial charge is 0.0417 e. The fourth-order valence-electron chi connectivity index (χ4n) is 3.32. The van der Waals surface area contributed by atoms with Crippen molar-refractivity contribution in [2.24, 2.45) is 0 Å². The van der Waals surface area contributed by atoms with Gasteiger partial charge in [0.05, 0.1) is 0 Å². The highest BCUT2D eigenvalue weighted by molar-refractivity contribution is 5.68. The Morgan fingerprint density at radius 3 is 2.61 bits per heavy atom. The van der Waals surface area contributed by atoms with E-state index in [1.807, 2.05) is 0 Å². The van der Waals surface area contributed by atoms with E-state index in [4.69, 9.17) is 0 Å². The van der Waals surface area contributed by atoms with Gasteiger partial charge in [-0.1, -0.05) is 6.07 Å². The van der Waals surface area contributed by atoms with Crippen LogP contribution in [-0.2, 0) is 6.42 Å². The molecule has 3 heteroatoms. The van der Waals surface area contributed by atoms with Crippen molar-refractivity contribution in [2.75, 3.05) is 29.9 Å². The molecule has 1 aromatic rings. The molecular weight excluding hydrogens is 222 g/mol. The molecule has 2 aliphatic heterocycles. The predicted molar refractivity (Wildman–Crippen MR) is 77.6 cm³/mol. The topological polar surface area (TPSA) is 27.3 Å². The molecule has 2 atom stereocenters. The van der Waals surface area contributed by atoms with Crippen LogP contribution in [-0.4, -0.2) is 31.7 Å². The highest BCUT2D eigenvalue weighted by atomic mass is 15.2. The zero-order valence-corrected chi connectivity index (χ0v) is 11.6. The Bertz CT molecular complexity index is 445. The molecule has 1 saturated heterocycles. The number of piperazine rings is 1. The van der Waals surface area contributed by atoms with Crippen molar-refractivity contribution >= 4 is 11.4 Å². The minimum absolute atomic E-state index is 0.564. The molecule has 0 unspecified atom stereocenters. The third kappa shape index (κ3) is 2.07. The minimum atomic E-state index is 0.564. The molecule has 1 fully saturated rings. The highest BCUT2D eigenvalue weighted by Crippen LogP contribution is 2.32. The molecule has 2 N–H and O–H groups in total. The summed E-state index contributed by atoms with van der Waals surface area (Å²) in [5.41, 5.74) is 5.64. The molecule has 3 rings (SSSR count). The number of nitrogens with zero attached hydrogens (tertiary/aromatic N) is 1. The second-order valence-corrected chi connectivity index (χ2v) is 5.85. The van der Waals surface area contributed by atoms with E-state index in [1.165, 1.54) is 28.9 Å². The number of benzene rings is 1. The molecule has 0 radical (unpaired) electrons. The Kier molecular flexibility index (Phi) is 2.94. The molecule has 0 spiro atoms. The van der Waals surface area contributed by atoms with Crippen molar-refractivity contribution < 1.29 is 0 Å². The van der Waals surface area contributed by atoms with Gasteiger partial charge in [-0.15, -0.1) is 0 Å². The van der Waals surface area contributed by atoms with Crippen molar-refractivity contribution in [3.63, 3.8) is 0 Å². The lowest BCUT2D eigenvalue weighted by Gasteiger charge is -2.38. The Morgan fingerprint density at radius 1 is 1.17 bits per heavy atom. The van der Waals surface area contributed by atoms with Crippen LogP contribution < -0.4 is 15.5 Å². The van der Waals surface area contributed by atoms with Crippen LogP contribution >= 0.6 is 0 Å². The van der Waals surface area contributed by atoms with Crippen LogP contribution in [0.15, 0.2) is 12.1 Å². The van der Waals surface area contributed by atoms with Crippen molar-refractivity contribution in [3.05, 3.63) is 23.3 Å². The molecule has 3 nitrogen and oxygen atoms in total. The zero-order chi connectivity index (χ0) is 12.7. The maximum absolute atomic E-state index is 3.59. The van der Waals surface area contributed by atoms with Crippen molar-refractivity contribution in [1.82, 2.24) is 5.32 Å². The Balaban J connectivity index is 1.91. The lowest BCUT2D eigenvalue weighted by atomic mass is 10.0. The van der Waals surface area contributed by atoms with Gasteiger partial charge in [0.1, 0.15) is 0 Å². The summed E-state index contributed by atoms with van der Waals surface area (Å²) in [6.07, 6.45) is 1.17. The van der Waals surface area contributed by atoms with Gasteiger partial charge >= 0.3 is 0 Å². The van der Waals surface area contributed by atoms with Gasteiger partial charge in [-0.2, -0.15) is 0 Å². The Morgan fingerprint density at radius 2 is 1.89 bits per heavy atom. The molecule has 1 aromatic carbocycles. The van der Waals surface area contributed by atoms with Crippen molar-refractivity contribution in [3.8, 4) is 0 Å². The lowest BCUT2D eigenvalue weighted by molar-refractivity contribution is 0.407. The first-order chi connectivity index (χ1) is 8.63. The van der Waals surface area contributed by atoms with Gasteiger partial charge in [-0.25, -0.2) is 0 Å². The summed E-state index contributed by atoms with van der Waals surface area (Å²) in [6.45, 7) is 10.1. The molecule has 98 valence electrons. The van der Waals surface area contributed by atoms with Gasteiger partial charge < -0.3 is 15.5 Å². The summed E-state index contributed by atoms with van der Waals surface area (Å²) in [7, 11) is 0. The first kappa shape index (κ1) is 11.8. The molecule has 2 aliphatic rings. The Labute approximate surface area is 110 Å². The molecule has 0 aliphatic carbocycles. The maximum Gasteiger partial charge on any atom is 0.0417 e. The van der Waals surface area contributed by atoms with E-state index >= 15 is 0 Å². The van der Waals surface area contributed by atoms with E-state index in [9.17, 15) is 0 Å². The van der Waals surface area contributed by atoms with Gasteiger partial charge in [0.2, 0.25) is 0 Å². The van der Waals surface area contributed by atoms with Crippen molar-refractivity contribution in [2.45, 2.75) is 39.3 Å². The highest BCUT2D eigenvalue weighted by Gasteiger charge is 2.23. The fraction of sp³-hybridized carbons (Fsp3) is 0.600. The maximum atomic E-state index is 3.59. The standard InChI is InChI=1S/C15H23N3/c1-10-6-13-4-5-16-14(13)7-15(10)18-8-11(2)17-12(3)9-18/h6-7,11-12,16-17H,4-5,8-9H2,1-3H3/t11-,12+. The average molecular weight is 245 g/mol. The third-order valence-electron chi connectivity index (χ3n) is 4.03. The van der Waals surface area contributed by atoms with E-state index in [-0.39, 0.29) is 0 Å². The number of hydrogen-bond acceptors (Lipinski definition) is 3. The van der Waals surface area contributed by atoms with Crippen molar-refractivity contribution in [1.29, 1.82) is 0 Å². The summed E-state index contributed by atoms with van der Waals surface area (Å²) in [5.74, 6) is 0. The largest absolute Gasteiger partial charge is 0.384 e. The molecule has 0 bridgehead atoms. The van der Waals surface area contributed by atoms with Crippen LogP contribution in [0.25, 0.3) is 0 Å². The summed E-state index contributed by atoms with van der Waals surface area (Å²) in [4.78, 5) is 2.53. The van der Waals surface area contributed by atoms with Gasteiger partial charge in [0, 0.05) is 43.1 Å². The second kappa shape index (κ2) is 4.47. The molecule has 0 aromatic heterocycles. The molecule has 0 amide bonds.